The van der Waals surface area contributed by atoms with Gasteiger partial charge in [-0.1, -0.05) is 54.1 Å². The van der Waals surface area contributed by atoms with Crippen molar-refractivity contribution in [1.29, 1.82) is 0 Å². The molecule has 0 saturated carbocycles. The van der Waals surface area contributed by atoms with Gasteiger partial charge in [-0.25, -0.2) is 0 Å². The lowest BCUT2D eigenvalue weighted by atomic mass is 9.93. The number of hydrogen-bond donors (Lipinski definition) is 1. The Balaban J connectivity index is 2.13. The van der Waals surface area contributed by atoms with E-state index in [0.717, 1.165) is 29.7 Å². The summed E-state index contributed by atoms with van der Waals surface area (Å²) in [5.41, 5.74) is 3.24. The van der Waals surface area contributed by atoms with Crippen LogP contribution in [-0.4, -0.2) is 28.6 Å². The first-order valence-corrected chi connectivity index (χ1v) is 8.26. The van der Waals surface area contributed by atoms with E-state index in [1.807, 2.05) is 36.4 Å². The molecule has 1 aliphatic rings. The van der Waals surface area contributed by atoms with Gasteiger partial charge in [0, 0.05) is 11.6 Å². The molecule has 0 radical (unpaired) electrons. The Morgan fingerprint density at radius 1 is 1.17 bits per heavy atom. The van der Waals surface area contributed by atoms with E-state index in [0.29, 0.717) is 11.4 Å². The molecule has 2 aromatic carbocycles. The number of carboxylic acid groups (broad SMARTS) is 1. The third kappa shape index (κ3) is 3.12. The van der Waals surface area contributed by atoms with Crippen molar-refractivity contribution in [2.24, 2.45) is 0 Å². The highest BCUT2D eigenvalue weighted by Gasteiger charge is 2.37. The predicted molar refractivity (Wildman–Crippen MR) is 91.8 cm³/mol. The molecule has 2 aromatic rings. The summed E-state index contributed by atoms with van der Waals surface area (Å²) in [7, 11) is 0. The van der Waals surface area contributed by atoms with Crippen LogP contribution in [0.4, 0.5) is 0 Å². The summed E-state index contributed by atoms with van der Waals surface area (Å²) < 4.78 is 0. The lowest BCUT2D eigenvalue weighted by molar-refractivity contribution is -0.142. The summed E-state index contributed by atoms with van der Waals surface area (Å²) in [6, 6.07) is 15.3. The molecule has 1 aliphatic heterocycles. The largest absolute Gasteiger partial charge is 0.480 e. The summed E-state index contributed by atoms with van der Waals surface area (Å²) in [6.07, 6.45) is 1.58. The van der Waals surface area contributed by atoms with Gasteiger partial charge in [0.25, 0.3) is 0 Å². The van der Waals surface area contributed by atoms with Gasteiger partial charge in [0.2, 0.25) is 0 Å². The molecule has 2 atom stereocenters. The maximum atomic E-state index is 11.7. The van der Waals surface area contributed by atoms with E-state index in [1.54, 1.807) is 0 Å². The number of carbonyl (C=O) groups is 1. The smallest absolute Gasteiger partial charge is 0.320 e. The highest BCUT2D eigenvalue weighted by Crippen LogP contribution is 2.38. The fraction of sp³-hybridized carbons (Fsp3) is 0.316. The number of benzene rings is 2. The van der Waals surface area contributed by atoms with E-state index in [2.05, 4.69) is 24.0 Å². The average molecular weight is 330 g/mol. The zero-order valence-electron chi connectivity index (χ0n) is 13.1. The lowest BCUT2D eigenvalue weighted by Gasteiger charge is -2.33. The van der Waals surface area contributed by atoms with Gasteiger partial charge >= 0.3 is 5.97 Å². The fourth-order valence-corrected chi connectivity index (χ4v) is 3.72. The molecule has 3 nitrogen and oxygen atoms in total. The monoisotopic (exact) mass is 329 g/mol. The minimum Gasteiger partial charge on any atom is -0.480 e. The fourth-order valence-electron chi connectivity index (χ4n) is 3.48. The molecule has 0 bridgehead atoms. The first-order chi connectivity index (χ1) is 11.1. The summed E-state index contributed by atoms with van der Waals surface area (Å²) in [5, 5.41) is 10.3. The van der Waals surface area contributed by atoms with Crippen molar-refractivity contribution in [2.45, 2.75) is 31.8 Å². The number of aryl methyl sites for hydroxylation is 1. The maximum Gasteiger partial charge on any atom is 0.320 e. The molecule has 0 aliphatic carbocycles. The van der Waals surface area contributed by atoms with Crippen LogP contribution in [-0.2, 0) is 4.79 Å². The topological polar surface area (TPSA) is 40.5 Å². The van der Waals surface area contributed by atoms with Crippen LogP contribution >= 0.6 is 11.6 Å². The second kappa shape index (κ2) is 6.73. The molecule has 0 aromatic heterocycles. The Hall–Kier alpha value is -1.84. The van der Waals surface area contributed by atoms with Gasteiger partial charge in [-0.15, -0.1) is 0 Å². The summed E-state index contributed by atoms with van der Waals surface area (Å²) in [4.78, 5) is 13.7. The average Bonchev–Trinajstić information content (AvgIpc) is 3.01. The predicted octanol–water partition coefficient (Wildman–Crippen LogP) is 4.29. The van der Waals surface area contributed by atoms with Gasteiger partial charge in [-0.05, 0) is 42.5 Å². The van der Waals surface area contributed by atoms with Gasteiger partial charge in [-0.2, -0.15) is 0 Å². The van der Waals surface area contributed by atoms with E-state index in [1.165, 1.54) is 0 Å². The standard InChI is InChI=1S/C19H20ClNO2/c1-13-7-2-3-8-14(13)18(15-9-4-5-10-16(15)20)21-12-6-11-17(21)19(22)23/h2-5,7-10,17-18H,6,11-12H2,1H3,(H,22,23). The van der Waals surface area contributed by atoms with Crippen LogP contribution in [0.1, 0.15) is 35.6 Å². The molecule has 120 valence electrons. The highest BCUT2D eigenvalue weighted by molar-refractivity contribution is 6.31. The van der Waals surface area contributed by atoms with Gasteiger partial charge in [0.15, 0.2) is 0 Å². The van der Waals surface area contributed by atoms with Crippen molar-refractivity contribution >= 4 is 17.6 Å². The minimum atomic E-state index is -0.756. The van der Waals surface area contributed by atoms with Crippen molar-refractivity contribution in [1.82, 2.24) is 4.90 Å². The first kappa shape index (κ1) is 16.0. The Kier molecular flexibility index (Phi) is 4.69. The van der Waals surface area contributed by atoms with Crippen LogP contribution in [0.3, 0.4) is 0 Å². The van der Waals surface area contributed by atoms with E-state index in [9.17, 15) is 9.90 Å². The number of likely N-dealkylation sites (tertiary alicyclic amines) is 1. The Morgan fingerprint density at radius 3 is 2.48 bits per heavy atom. The van der Waals surface area contributed by atoms with Crippen LogP contribution < -0.4 is 0 Å². The molecule has 1 N–H and O–H groups in total. The normalized spacial score (nSPS) is 19.7. The molecule has 0 amide bonds. The zero-order chi connectivity index (χ0) is 16.4. The highest BCUT2D eigenvalue weighted by atomic mass is 35.5. The van der Waals surface area contributed by atoms with Crippen LogP contribution in [0.5, 0.6) is 0 Å². The molecular weight excluding hydrogens is 310 g/mol. The van der Waals surface area contributed by atoms with Crippen molar-refractivity contribution in [2.75, 3.05) is 6.54 Å². The Bertz CT molecular complexity index is 671. The molecule has 23 heavy (non-hydrogen) atoms. The summed E-state index contributed by atoms with van der Waals surface area (Å²) in [6.45, 7) is 2.83. The third-order valence-corrected chi connectivity index (χ3v) is 4.94. The number of rotatable bonds is 4. The number of halogens is 1. The van der Waals surface area contributed by atoms with Gasteiger partial charge in [-0.3, -0.25) is 9.69 Å². The number of aliphatic carboxylic acids is 1. The second-order valence-electron chi connectivity index (χ2n) is 6.01. The second-order valence-corrected chi connectivity index (χ2v) is 6.42. The molecule has 3 rings (SSSR count). The molecule has 4 heteroatoms. The van der Waals surface area contributed by atoms with Crippen molar-refractivity contribution in [3.63, 3.8) is 0 Å². The van der Waals surface area contributed by atoms with E-state index in [4.69, 9.17) is 11.6 Å². The maximum absolute atomic E-state index is 11.7. The zero-order valence-corrected chi connectivity index (χ0v) is 13.8. The van der Waals surface area contributed by atoms with Crippen LogP contribution in [0.15, 0.2) is 48.5 Å². The van der Waals surface area contributed by atoms with E-state index < -0.39 is 12.0 Å². The molecule has 2 unspecified atom stereocenters. The molecule has 1 heterocycles. The van der Waals surface area contributed by atoms with Crippen molar-refractivity contribution in [3.05, 3.63) is 70.2 Å². The number of hydrogen-bond acceptors (Lipinski definition) is 2. The van der Waals surface area contributed by atoms with Crippen LogP contribution in [0, 0.1) is 6.92 Å². The van der Waals surface area contributed by atoms with Crippen LogP contribution in [0.25, 0.3) is 0 Å². The number of nitrogens with zero attached hydrogens (tertiary/aromatic N) is 1. The SMILES string of the molecule is Cc1ccccc1C(c1ccccc1Cl)N1CCCC1C(=O)O. The van der Waals surface area contributed by atoms with Crippen LogP contribution in [0.2, 0.25) is 5.02 Å². The molecule has 1 saturated heterocycles. The minimum absolute atomic E-state index is 0.131. The van der Waals surface area contributed by atoms with Gasteiger partial charge in [0.05, 0.1) is 6.04 Å². The summed E-state index contributed by atoms with van der Waals surface area (Å²) >= 11 is 6.45. The van der Waals surface area contributed by atoms with E-state index >= 15 is 0 Å². The van der Waals surface area contributed by atoms with E-state index in [-0.39, 0.29) is 6.04 Å². The van der Waals surface area contributed by atoms with Gasteiger partial charge < -0.3 is 5.11 Å². The Morgan fingerprint density at radius 2 is 1.83 bits per heavy atom. The Labute approximate surface area is 141 Å². The summed E-state index contributed by atoms with van der Waals surface area (Å²) in [5.74, 6) is -0.756. The lowest BCUT2D eigenvalue weighted by Crippen LogP contribution is -2.39. The first-order valence-electron chi connectivity index (χ1n) is 7.88. The van der Waals surface area contributed by atoms with Crippen molar-refractivity contribution in [3.8, 4) is 0 Å². The van der Waals surface area contributed by atoms with Gasteiger partial charge in [0.1, 0.15) is 6.04 Å². The molecular formula is C19H20ClNO2. The number of carboxylic acids is 1. The van der Waals surface area contributed by atoms with Crippen molar-refractivity contribution < 1.29 is 9.90 Å². The molecule has 1 fully saturated rings. The molecule has 0 spiro atoms. The third-order valence-electron chi connectivity index (χ3n) is 4.59. The quantitative estimate of drug-likeness (QED) is 0.909.